The third-order valence-electron chi connectivity index (χ3n) is 2.59. The van der Waals surface area contributed by atoms with Crippen LogP contribution in [0.4, 0.5) is 0 Å². The summed E-state index contributed by atoms with van der Waals surface area (Å²) in [5, 5.41) is 0. The summed E-state index contributed by atoms with van der Waals surface area (Å²) in [6.07, 6.45) is 6.76. The molecule has 0 aliphatic heterocycles. The van der Waals surface area contributed by atoms with Crippen LogP contribution in [0.5, 0.6) is 0 Å². The van der Waals surface area contributed by atoms with Crippen molar-refractivity contribution in [1.29, 1.82) is 0 Å². The maximum atomic E-state index is 5.90. The molecule has 1 aromatic rings. The van der Waals surface area contributed by atoms with Crippen molar-refractivity contribution in [3.8, 4) is 0 Å². The molecule has 1 unspecified atom stereocenters. The lowest BCUT2D eigenvalue weighted by Gasteiger charge is -2.16. The molecule has 1 nitrogen and oxygen atoms in total. The predicted molar refractivity (Wildman–Crippen MR) is 56.4 cm³/mol. The van der Waals surface area contributed by atoms with Gasteiger partial charge >= 0.3 is 0 Å². The molecular weight excluding hydrogens is 158 g/mol. The standard InChI is InChI=1S/C12H15N/c1-9(13)11-8-4-6-10-5-2-3-7-12(10)11/h3-4,6-9H,2,5,13H2,1H3. The molecular formula is C12H15N. The maximum Gasteiger partial charge on any atom is 0.0272 e. The summed E-state index contributed by atoms with van der Waals surface area (Å²) in [4.78, 5) is 0. The smallest absolute Gasteiger partial charge is 0.0272 e. The van der Waals surface area contributed by atoms with Gasteiger partial charge in [-0.05, 0) is 36.5 Å². The van der Waals surface area contributed by atoms with Crippen LogP contribution < -0.4 is 5.73 Å². The SMILES string of the molecule is CC(N)c1cccc2c1C=CCC2. The molecule has 0 spiro atoms. The normalized spacial score (nSPS) is 16.8. The molecule has 1 heteroatoms. The number of hydrogen-bond donors (Lipinski definition) is 1. The van der Waals surface area contributed by atoms with Gasteiger partial charge in [0, 0.05) is 6.04 Å². The van der Waals surface area contributed by atoms with Crippen LogP contribution in [0.3, 0.4) is 0 Å². The molecule has 1 aliphatic rings. The van der Waals surface area contributed by atoms with Crippen molar-refractivity contribution < 1.29 is 0 Å². The predicted octanol–water partition coefficient (Wildman–Crippen LogP) is 2.67. The number of hydrogen-bond acceptors (Lipinski definition) is 1. The molecule has 1 aliphatic carbocycles. The van der Waals surface area contributed by atoms with Gasteiger partial charge in [-0.2, -0.15) is 0 Å². The van der Waals surface area contributed by atoms with Crippen LogP contribution in [0.1, 0.15) is 36.1 Å². The highest BCUT2D eigenvalue weighted by atomic mass is 14.6. The molecule has 0 saturated carbocycles. The first kappa shape index (κ1) is 8.52. The van der Waals surface area contributed by atoms with Crippen LogP contribution in [-0.4, -0.2) is 0 Å². The summed E-state index contributed by atoms with van der Waals surface area (Å²) in [7, 11) is 0. The first-order valence-electron chi connectivity index (χ1n) is 4.83. The molecule has 2 rings (SSSR count). The number of fused-ring (bicyclic) bond motifs is 1. The van der Waals surface area contributed by atoms with Gasteiger partial charge in [-0.1, -0.05) is 30.4 Å². The summed E-state index contributed by atoms with van der Waals surface area (Å²) >= 11 is 0. The van der Waals surface area contributed by atoms with Gasteiger partial charge in [0.25, 0.3) is 0 Å². The van der Waals surface area contributed by atoms with E-state index in [4.69, 9.17) is 5.73 Å². The van der Waals surface area contributed by atoms with E-state index in [1.165, 1.54) is 16.7 Å². The van der Waals surface area contributed by atoms with E-state index in [1.807, 2.05) is 6.92 Å². The minimum absolute atomic E-state index is 0.137. The lowest BCUT2D eigenvalue weighted by Crippen LogP contribution is -2.09. The number of aryl methyl sites for hydroxylation is 1. The Hall–Kier alpha value is -1.08. The van der Waals surface area contributed by atoms with Gasteiger partial charge in [0.05, 0.1) is 0 Å². The van der Waals surface area contributed by atoms with Gasteiger partial charge in [0.2, 0.25) is 0 Å². The van der Waals surface area contributed by atoms with Crippen LogP contribution in [0, 0.1) is 0 Å². The Morgan fingerprint density at radius 2 is 2.23 bits per heavy atom. The molecule has 0 fully saturated rings. The van der Waals surface area contributed by atoms with Crippen molar-refractivity contribution >= 4 is 6.08 Å². The topological polar surface area (TPSA) is 26.0 Å². The molecule has 0 radical (unpaired) electrons. The molecule has 0 bridgehead atoms. The molecule has 0 heterocycles. The molecule has 2 N–H and O–H groups in total. The first-order valence-corrected chi connectivity index (χ1v) is 4.83. The second-order valence-corrected chi connectivity index (χ2v) is 3.65. The van der Waals surface area contributed by atoms with Crippen LogP contribution in [0.15, 0.2) is 24.3 Å². The number of nitrogens with two attached hydrogens (primary N) is 1. The Balaban J connectivity index is 2.54. The fraction of sp³-hybridized carbons (Fsp3) is 0.333. The monoisotopic (exact) mass is 173 g/mol. The average Bonchev–Trinajstić information content (AvgIpc) is 2.17. The van der Waals surface area contributed by atoms with Crippen LogP contribution in [0.25, 0.3) is 6.08 Å². The molecule has 1 atom stereocenters. The van der Waals surface area contributed by atoms with Crippen molar-refractivity contribution in [3.05, 3.63) is 41.0 Å². The zero-order valence-corrected chi connectivity index (χ0v) is 7.96. The Kier molecular flexibility index (Phi) is 2.19. The summed E-state index contributed by atoms with van der Waals surface area (Å²) in [6, 6.07) is 6.57. The van der Waals surface area contributed by atoms with E-state index in [9.17, 15) is 0 Å². The quantitative estimate of drug-likeness (QED) is 0.694. The first-order chi connectivity index (χ1) is 6.29. The summed E-state index contributed by atoms with van der Waals surface area (Å²) in [6.45, 7) is 2.04. The fourth-order valence-corrected chi connectivity index (χ4v) is 1.89. The van der Waals surface area contributed by atoms with Crippen LogP contribution in [0.2, 0.25) is 0 Å². The van der Waals surface area contributed by atoms with Gasteiger partial charge < -0.3 is 5.73 Å². The Morgan fingerprint density at radius 3 is 3.00 bits per heavy atom. The molecule has 68 valence electrons. The van der Waals surface area contributed by atoms with Crippen molar-refractivity contribution in [2.24, 2.45) is 5.73 Å². The maximum absolute atomic E-state index is 5.90. The zero-order valence-electron chi connectivity index (χ0n) is 7.96. The van der Waals surface area contributed by atoms with E-state index in [-0.39, 0.29) is 6.04 Å². The van der Waals surface area contributed by atoms with Crippen molar-refractivity contribution in [3.63, 3.8) is 0 Å². The second kappa shape index (κ2) is 3.35. The zero-order chi connectivity index (χ0) is 9.26. The van der Waals surface area contributed by atoms with E-state index in [1.54, 1.807) is 0 Å². The van der Waals surface area contributed by atoms with E-state index in [2.05, 4.69) is 30.4 Å². The summed E-state index contributed by atoms with van der Waals surface area (Å²) < 4.78 is 0. The Labute approximate surface area is 79.3 Å². The molecule has 0 amide bonds. The number of allylic oxidation sites excluding steroid dienone is 1. The lowest BCUT2D eigenvalue weighted by molar-refractivity contribution is 0.809. The van der Waals surface area contributed by atoms with Crippen molar-refractivity contribution in [2.45, 2.75) is 25.8 Å². The van der Waals surface area contributed by atoms with Gasteiger partial charge in [0.15, 0.2) is 0 Å². The number of benzene rings is 1. The molecule has 13 heavy (non-hydrogen) atoms. The molecule has 1 aromatic carbocycles. The largest absolute Gasteiger partial charge is 0.324 e. The van der Waals surface area contributed by atoms with E-state index in [0.717, 1.165) is 12.8 Å². The Morgan fingerprint density at radius 1 is 1.38 bits per heavy atom. The Bertz CT molecular complexity index is 337. The van der Waals surface area contributed by atoms with Gasteiger partial charge in [-0.3, -0.25) is 0 Å². The minimum atomic E-state index is 0.137. The van der Waals surface area contributed by atoms with Gasteiger partial charge in [-0.15, -0.1) is 0 Å². The van der Waals surface area contributed by atoms with Crippen LogP contribution in [-0.2, 0) is 6.42 Å². The summed E-state index contributed by atoms with van der Waals surface area (Å²) in [5.74, 6) is 0. The fourth-order valence-electron chi connectivity index (χ4n) is 1.89. The number of rotatable bonds is 1. The van der Waals surface area contributed by atoms with E-state index < -0.39 is 0 Å². The highest BCUT2D eigenvalue weighted by molar-refractivity contribution is 5.60. The average molecular weight is 173 g/mol. The van der Waals surface area contributed by atoms with Gasteiger partial charge in [-0.25, -0.2) is 0 Å². The highest BCUT2D eigenvalue weighted by Crippen LogP contribution is 2.25. The molecule has 0 saturated heterocycles. The third-order valence-corrected chi connectivity index (χ3v) is 2.59. The third kappa shape index (κ3) is 1.52. The highest BCUT2D eigenvalue weighted by Gasteiger charge is 2.10. The minimum Gasteiger partial charge on any atom is -0.324 e. The van der Waals surface area contributed by atoms with E-state index >= 15 is 0 Å². The van der Waals surface area contributed by atoms with Gasteiger partial charge in [0.1, 0.15) is 0 Å². The summed E-state index contributed by atoms with van der Waals surface area (Å²) in [5.41, 5.74) is 9.97. The van der Waals surface area contributed by atoms with E-state index in [0.29, 0.717) is 0 Å². The van der Waals surface area contributed by atoms with Crippen molar-refractivity contribution in [1.82, 2.24) is 0 Å². The van der Waals surface area contributed by atoms with Crippen molar-refractivity contribution in [2.75, 3.05) is 0 Å². The lowest BCUT2D eigenvalue weighted by atomic mass is 9.91. The van der Waals surface area contributed by atoms with Crippen LogP contribution >= 0.6 is 0 Å². The second-order valence-electron chi connectivity index (χ2n) is 3.65. The molecule has 0 aromatic heterocycles.